The molecule has 0 aliphatic heterocycles. The van der Waals surface area contributed by atoms with E-state index in [9.17, 15) is 5.11 Å². The van der Waals surface area contributed by atoms with Gasteiger partial charge in [-0.15, -0.1) is 0 Å². The van der Waals surface area contributed by atoms with Gasteiger partial charge in [0.05, 0.1) is 0 Å². The molecular weight excluding hydrogens is 176 g/mol. The second-order valence-electron chi connectivity index (χ2n) is 4.70. The van der Waals surface area contributed by atoms with Gasteiger partial charge in [-0.2, -0.15) is 0 Å². The van der Waals surface area contributed by atoms with Gasteiger partial charge >= 0.3 is 0 Å². The van der Waals surface area contributed by atoms with E-state index in [0.717, 1.165) is 19.3 Å². The molecule has 1 aliphatic rings. The van der Waals surface area contributed by atoms with Crippen LogP contribution < -0.4 is 0 Å². The first-order chi connectivity index (χ1) is 6.65. The van der Waals surface area contributed by atoms with Gasteiger partial charge in [0.15, 0.2) is 0 Å². The summed E-state index contributed by atoms with van der Waals surface area (Å²) < 4.78 is 0. The molecule has 14 heavy (non-hydrogen) atoms. The molecule has 0 radical (unpaired) electrons. The molecule has 82 valence electrons. The predicted molar refractivity (Wildman–Crippen MR) is 57.9 cm³/mol. The minimum Gasteiger partial charge on any atom is -0.396 e. The Bertz CT molecular complexity index is 200. The molecule has 0 aromatic heterocycles. The van der Waals surface area contributed by atoms with Crippen LogP contribution in [-0.2, 0) is 0 Å². The summed E-state index contributed by atoms with van der Waals surface area (Å²) in [5.74, 6) is 0.949. The number of hydrogen-bond acceptors (Lipinski definition) is 2. The van der Waals surface area contributed by atoms with Gasteiger partial charge in [0, 0.05) is 13.2 Å². The Balaban J connectivity index is 2.69. The lowest BCUT2D eigenvalue weighted by atomic mass is 9.64. The van der Waals surface area contributed by atoms with Crippen molar-refractivity contribution in [3.05, 3.63) is 12.2 Å². The highest BCUT2D eigenvalue weighted by atomic mass is 16.3. The molecule has 1 aliphatic carbocycles. The van der Waals surface area contributed by atoms with Crippen molar-refractivity contribution >= 4 is 0 Å². The molecule has 2 N–H and O–H groups in total. The number of rotatable bonds is 4. The van der Waals surface area contributed by atoms with Crippen molar-refractivity contribution in [2.45, 2.75) is 33.1 Å². The van der Waals surface area contributed by atoms with E-state index in [1.807, 2.05) is 0 Å². The monoisotopic (exact) mass is 198 g/mol. The summed E-state index contributed by atoms with van der Waals surface area (Å²) in [4.78, 5) is 0. The van der Waals surface area contributed by atoms with Gasteiger partial charge in [0.1, 0.15) is 0 Å². The highest BCUT2D eigenvalue weighted by molar-refractivity contribution is 5.05. The minimum atomic E-state index is 0.00389. The van der Waals surface area contributed by atoms with Crippen LogP contribution in [0.1, 0.15) is 33.1 Å². The molecule has 0 bridgehead atoms. The van der Waals surface area contributed by atoms with Crippen molar-refractivity contribution in [3.63, 3.8) is 0 Å². The first-order valence-electron chi connectivity index (χ1n) is 5.53. The highest BCUT2D eigenvalue weighted by Gasteiger charge is 2.38. The van der Waals surface area contributed by atoms with Crippen LogP contribution in [0, 0.1) is 17.3 Å². The molecule has 2 heteroatoms. The van der Waals surface area contributed by atoms with E-state index < -0.39 is 0 Å². The zero-order chi connectivity index (χ0) is 10.6. The standard InChI is InChI=1S/C12H22O2/c1-10-5-3-6-11(7-4-8-13)12(10,2)9-14/h3,6,10-11,13-14H,4-5,7-9H2,1-2H3/t10-,11+,12+/m1/s1. The Morgan fingerprint density at radius 2 is 2.14 bits per heavy atom. The third kappa shape index (κ3) is 2.18. The van der Waals surface area contributed by atoms with E-state index in [0.29, 0.717) is 11.8 Å². The minimum absolute atomic E-state index is 0.00389. The third-order valence-electron chi connectivity index (χ3n) is 3.84. The fraction of sp³-hybridized carbons (Fsp3) is 0.833. The average Bonchev–Trinajstić information content (AvgIpc) is 2.20. The van der Waals surface area contributed by atoms with Crippen molar-refractivity contribution in [2.24, 2.45) is 17.3 Å². The van der Waals surface area contributed by atoms with Crippen LogP contribution in [0.2, 0.25) is 0 Å². The summed E-state index contributed by atoms with van der Waals surface area (Å²) in [5, 5.41) is 18.3. The summed E-state index contributed by atoms with van der Waals surface area (Å²) in [5.41, 5.74) is 0.00389. The fourth-order valence-electron chi connectivity index (χ4n) is 2.31. The molecule has 2 nitrogen and oxygen atoms in total. The summed E-state index contributed by atoms with van der Waals surface area (Å²) in [6, 6.07) is 0. The van der Waals surface area contributed by atoms with Crippen LogP contribution in [0.3, 0.4) is 0 Å². The first kappa shape index (κ1) is 11.7. The molecule has 0 aromatic rings. The lowest BCUT2D eigenvalue weighted by Crippen LogP contribution is -2.38. The second kappa shape index (κ2) is 4.94. The van der Waals surface area contributed by atoms with Gasteiger partial charge in [0.2, 0.25) is 0 Å². The molecule has 0 fully saturated rings. The van der Waals surface area contributed by atoms with Crippen LogP contribution in [0.4, 0.5) is 0 Å². The van der Waals surface area contributed by atoms with Gasteiger partial charge in [-0.25, -0.2) is 0 Å². The van der Waals surface area contributed by atoms with Crippen molar-refractivity contribution in [1.29, 1.82) is 0 Å². The van der Waals surface area contributed by atoms with Crippen molar-refractivity contribution in [3.8, 4) is 0 Å². The van der Waals surface area contributed by atoms with Crippen molar-refractivity contribution in [1.82, 2.24) is 0 Å². The SMILES string of the molecule is C[C@@H]1CC=C[C@@H](CCCO)[C@@]1(C)CO. The smallest absolute Gasteiger partial charge is 0.0493 e. The van der Waals surface area contributed by atoms with Gasteiger partial charge in [-0.05, 0) is 36.5 Å². The molecule has 3 atom stereocenters. The summed E-state index contributed by atoms with van der Waals surface area (Å²) in [7, 11) is 0. The normalized spacial score (nSPS) is 37.4. The fourth-order valence-corrected chi connectivity index (χ4v) is 2.31. The van der Waals surface area contributed by atoms with Crippen LogP contribution in [0.5, 0.6) is 0 Å². The molecule has 1 rings (SSSR count). The molecule has 0 amide bonds. The molecule has 0 saturated heterocycles. The van der Waals surface area contributed by atoms with Gasteiger partial charge in [-0.3, -0.25) is 0 Å². The maximum absolute atomic E-state index is 9.49. The number of hydrogen-bond donors (Lipinski definition) is 2. The molecule has 0 heterocycles. The Morgan fingerprint density at radius 3 is 2.71 bits per heavy atom. The Kier molecular flexibility index (Phi) is 4.14. The van der Waals surface area contributed by atoms with E-state index >= 15 is 0 Å². The van der Waals surface area contributed by atoms with E-state index in [1.165, 1.54) is 0 Å². The summed E-state index contributed by atoms with van der Waals surface area (Å²) in [6.07, 6.45) is 7.30. The van der Waals surface area contributed by atoms with Crippen LogP contribution in [0.15, 0.2) is 12.2 Å². The average molecular weight is 198 g/mol. The van der Waals surface area contributed by atoms with E-state index in [1.54, 1.807) is 0 Å². The number of allylic oxidation sites excluding steroid dienone is 2. The lowest BCUT2D eigenvalue weighted by Gasteiger charge is -2.42. The second-order valence-corrected chi connectivity index (χ2v) is 4.70. The molecular formula is C12H22O2. The van der Waals surface area contributed by atoms with Gasteiger partial charge < -0.3 is 10.2 Å². The Labute approximate surface area is 86.6 Å². The van der Waals surface area contributed by atoms with Gasteiger partial charge in [0.25, 0.3) is 0 Å². The molecule has 0 spiro atoms. The van der Waals surface area contributed by atoms with Crippen LogP contribution >= 0.6 is 0 Å². The zero-order valence-corrected chi connectivity index (χ0v) is 9.24. The van der Waals surface area contributed by atoms with Gasteiger partial charge in [-0.1, -0.05) is 26.0 Å². The number of aliphatic hydroxyl groups is 2. The van der Waals surface area contributed by atoms with Crippen molar-refractivity contribution in [2.75, 3.05) is 13.2 Å². The van der Waals surface area contributed by atoms with Crippen molar-refractivity contribution < 1.29 is 10.2 Å². The molecule has 0 unspecified atom stereocenters. The Morgan fingerprint density at radius 1 is 1.43 bits per heavy atom. The quantitative estimate of drug-likeness (QED) is 0.678. The van der Waals surface area contributed by atoms with E-state index in [4.69, 9.17) is 5.11 Å². The predicted octanol–water partition coefficient (Wildman–Crippen LogP) is 1.97. The topological polar surface area (TPSA) is 40.5 Å². The van der Waals surface area contributed by atoms with Crippen LogP contribution in [-0.4, -0.2) is 23.4 Å². The van der Waals surface area contributed by atoms with Crippen LogP contribution in [0.25, 0.3) is 0 Å². The lowest BCUT2D eigenvalue weighted by molar-refractivity contribution is 0.0335. The summed E-state index contributed by atoms with van der Waals surface area (Å²) >= 11 is 0. The first-order valence-corrected chi connectivity index (χ1v) is 5.53. The largest absolute Gasteiger partial charge is 0.396 e. The highest BCUT2D eigenvalue weighted by Crippen LogP contribution is 2.43. The summed E-state index contributed by atoms with van der Waals surface area (Å²) in [6.45, 7) is 4.85. The van der Waals surface area contributed by atoms with E-state index in [2.05, 4.69) is 26.0 Å². The van der Waals surface area contributed by atoms with E-state index in [-0.39, 0.29) is 18.6 Å². The Hall–Kier alpha value is -0.340. The molecule has 0 saturated carbocycles. The molecule has 0 aromatic carbocycles. The third-order valence-corrected chi connectivity index (χ3v) is 3.84. The number of aliphatic hydroxyl groups excluding tert-OH is 2. The maximum atomic E-state index is 9.49. The zero-order valence-electron chi connectivity index (χ0n) is 9.24. The maximum Gasteiger partial charge on any atom is 0.0493 e.